The Kier molecular flexibility index (Phi) is 3.80. The van der Waals surface area contributed by atoms with Gasteiger partial charge in [0.2, 0.25) is 0 Å². The SMILES string of the molecule is NN(c1ccccc1C1C=CC=CC1)c1cccc2oc3ccccc3c12. The van der Waals surface area contributed by atoms with E-state index in [2.05, 4.69) is 54.6 Å². The molecule has 3 aromatic carbocycles. The normalized spacial score (nSPS) is 16.3. The first kappa shape index (κ1) is 15.9. The van der Waals surface area contributed by atoms with Gasteiger partial charge in [-0.1, -0.05) is 66.8 Å². The van der Waals surface area contributed by atoms with Gasteiger partial charge in [0.15, 0.2) is 0 Å². The van der Waals surface area contributed by atoms with Crippen molar-refractivity contribution in [3.63, 3.8) is 0 Å². The summed E-state index contributed by atoms with van der Waals surface area (Å²) in [6, 6.07) is 22.5. The summed E-state index contributed by atoms with van der Waals surface area (Å²) in [7, 11) is 0. The molecule has 4 aromatic rings. The van der Waals surface area contributed by atoms with Crippen molar-refractivity contribution in [2.75, 3.05) is 5.01 Å². The zero-order chi connectivity index (χ0) is 18.2. The number of fused-ring (bicyclic) bond motifs is 3. The van der Waals surface area contributed by atoms with Crippen LogP contribution in [-0.2, 0) is 0 Å². The third-order valence-electron chi connectivity index (χ3n) is 5.22. The van der Waals surface area contributed by atoms with E-state index in [1.807, 2.05) is 36.4 Å². The van der Waals surface area contributed by atoms with Crippen molar-refractivity contribution in [1.82, 2.24) is 0 Å². The molecule has 0 bridgehead atoms. The fourth-order valence-electron chi connectivity index (χ4n) is 3.92. The van der Waals surface area contributed by atoms with Crippen molar-refractivity contribution in [1.29, 1.82) is 0 Å². The lowest BCUT2D eigenvalue weighted by Crippen LogP contribution is -2.26. The second-order valence-electron chi connectivity index (χ2n) is 6.83. The summed E-state index contributed by atoms with van der Waals surface area (Å²) < 4.78 is 6.02. The quantitative estimate of drug-likeness (QED) is 0.353. The molecule has 1 aliphatic rings. The molecule has 0 fully saturated rings. The van der Waals surface area contributed by atoms with E-state index in [0.717, 1.165) is 39.7 Å². The molecule has 0 spiro atoms. The Hall–Kier alpha value is -3.30. The number of rotatable bonds is 3. The Morgan fingerprint density at radius 2 is 1.59 bits per heavy atom. The second-order valence-corrected chi connectivity index (χ2v) is 6.83. The monoisotopic (exact) mass is 352 g/mol. The van der Waals surface area contributed by atoms with Crippen LogP contribution in [0.4, 0.5) is 11.4 Å². The molecule has 0 radical (unpaired) electrons. The highest BCUT2D eigenvalue weighted by Gasteiger charge is 2.19. The summed E-state index contributed by atoms with van der Waals surface area (Å²) in [4.78, 5) is 0. The molecule has 3 nitrogen and oxygen atoms in total. The Bertz CT molecular complexity index is 1190. The van der Waals surface area contributed by atoms with Gasteiger partial charge in [-0.3, -0.25) is 5.01 Å². The van der Waals surface area contributed by atoms with Gasteiger partial charge in [0.1, 0.15) is 11.2 Å². The molecule has 2 N–H and O–H groups in total. The summed E-state index contributed by atoms with van der Waals surface area (Å²) in [5.74, 6) is 7.02. The zero-order valence-electron chi connectivity index (χ0n) is 14.9. The molecule has 1 atom stereocenters. The van der Waals surface area contributed by atoms with Crippen LogP contribution >= 0.6 is 0 Å². The van der Waals surface area contributed by atoms with Crippen molar-refractivity contribution in [2.24, 2.45) is 5.84 Å². The maximum absolute atomic E-state index is 6.69. The van der Waals surface area contributed by atoms with Gasteiger partial charge in [-0.05, 0) is 36.2 Å². The average molecular weight is 352 g/mol. The van der Waals surface area contributed by atoms with Crippen LogP contribution in [0.2, 0.25) is 0 Å². The first-order chi connectivity index (χ1) is 13.3. The Balaban J connectivity index is 1.68. The topological polar surface area (TPSA) is 42.4 Å². The van der Waals surface area contributed by atoms with Crippen LogP contribution in [0.3, 0.4) is 0 Å². The van der Waals surface area contributed by atoms with Crippen LogP contribution in [0.1, 0.15) is 17.9 Å². The van der Waals surface area contributed by atoms with Gasteiger partial charge in [-0.2, -0.15) is 0 Å². The highest BCUT2D eigenvalue weighted by molar-refractivity contribution is 6.12. The number of furan rings is 1. The predicted molar refractivity (Wildman–Crippen MR) is 112 cm³/mol. The Morgan fingerprint density at radius 1 is 0.815 bits per heavy atom. The molecule has 3 heteroatoms. The van der Waals surface area contributed by atoms with E-state index in [1.54, 1.807) is 5.01 Å². The zero-order valence-corrected chi connectivity index (χ0v) is 14.9. The van der Waals surface area contributed by atoms with Gasteiger partial charge in [0.25, 0.3) is 0 Å². The van der Waals surface area contributed by atoms with Crippen LogP contribution in [0, 0.1) is 0 Å². The summed E-state index contributed by atoms with van der Waals surface area (Å²) in [5, 5.41) is 3.92. The summed E-state index contributed by atoms with van der Waals surface area (Å²) in [5.41, 5.74) is 4.91. The number of nitrogens with zero attached hydrogens (tertiary/aromatic N) is 1. The van der Waals surface area contributed by atoms with Crippen molar-refractivity contribution in [3.8, 4) is 0 Å². The van der Waals surface area contributed by atoms with Crippen molar-refractivity contribution >= 4 is 33.3 Å². The minimum Gasteiger partial charge on any atom is -0.456 e. The third kappa shape index (κ3) is 2.64. The van der Waals surface area contributed by atoms with Crippen LogP contribution in [0.5, 0.6) is 0 Å². The Morgan fingerprint density at radius 3 is 2.48 bits per heavy atom. The van der Waals surface area contributed by atoms with Crippen molar-refractivity contribution in [2.45, 2.75) is 12.3 Å². The Labute approximate surface area is 158 Å². The molecular weight excluding hydrogens is 332 g/mol. The number of allylic oxidation sites excluding steroid dienone is 4. The molecule has 1 aliphatic carbocycles. The minimum atomic E-state index is 0.331. The molecule has 27 heavy (non-hydrogen) atoms. The highest BCUT2D eigenvalue weighted by Crippen LogP contribution is 2.40. The first-order valence-corrected chi connectivity index (χ1v) is 9.20. The number of hydrogen-bond donors (Lipinski definition) is 1. The summed E-state index contributed by atoms with van der Waals surface area (Å²) >= 11 is 0. The van der Waals surface area contributed by atoms with Gasteiger partial charge in [-0.25, -0.2) is 5.84 Å². The summed E-state index contributed by atoms with van der Waals surface area (Å²) in [6.07, 6.45) is 9.63. The lowest BCUT2D eigenvalue weighted by molar-refractivity contribution is 0.669. The van der Waals surface area contributed by atoms with Crippen LogP contribution in [0.25, 0.3) is 21.9 Å². The highest BCUT2D eigenvalue weighted by atomic mass is 16.3. The van der Waals surface area contributed by atoms with E-state index in [4.69, 9.17) is 10.3 Å². The van der Waals surface area contributed by atoms with Gasteiger partial charge in [0, 0.05) is 11.3 Å². The maximum atomic E-state index is 6.69. The van der Waals surface area contributed by atoms with Crippen molar-refractivity contribution in [3.05, 3.63) is 96.6 Å². The fraction of sp³-hybridized carbons (Fsp3) is 0.0833. The number of nitrogens with two attached hydrogens (primary N) is 1. The van der Waals surface area contributed by atoms with Crippen LogP contribution in [-0.4, -0.2) is 0 Å². The lowest BCUT2D eigenvalue weighted by atomic mass is 9.91. The van der Waals surface area contributed by atoms with Crippen LogP contribution < -0.4 is 10.9 Å². The number of hydrogen-bond acceptors (Lipinski definition) is 3. The maximum Gasteiger partial charge on any atom is 0.137 e. The molecule has 1 aromatic heterocycles. The van der Waals surface area contributed by atoms with Gasteiger partial charge in [0.05, 0.1) is 16.8 Å². The van der Waals surface area contributed by atoms with E-state index in [1.165, 1.54) is 5.56 Å². The predicted octanol–water partition coefficient (Wildman–Crippen LogP) is 6.20. The molecule has 0 aliphatic heterocycles. The third-order valence-corrected chi connectivity index (χ3v) is 5.22. The number of hydrazine groups is 1. The van der Waals surface area contributed by atoms with Crippen molar-refractivity contribution < 1.29 is 4.42 Å². The average Bonchev–Trinajstić information content (AvgIpc) is 3.13. The minimum absolute atomic E-state index is 0.331. The van der Waals surface area contributed by atoms with Gasteiger partial charge >= 0.3 is 0 Å². The molecule has 0 saturated heterocycles. The standard InChI is InChI=1S/C24H20N2O/c25-26(20-13-6-4-11-18(20)17-9-2-1-3-10-17)21-14-8-16-23-24(21)19-12-5-7-15-22(19)27-23/h1-9,11-17H,10,25H2. The molecule has 1 unspecified atom stereocenters. The fourth-order valence-corrected chi connectivity index (χ4v) is 3.92. The van der Waals surface area contributed by atoms with E-state index in [0.29, 0.717) is 5.92 Å². The smallest absolute Gasteiger partial charge is 0.137 e. The lowest BCUT2D eigenvalue weighted by Gasteiger charge is -2.25. The van der Waals surface area contributed by atoms with E-state index in [-0.39, 0.29) is 0 Å². The van der Waals surface area contributed by atoms with Crippen LogP contribution in [0.15, 0.2) is 95.5 Å². The number of benzene rings is 3. The van der Waals surface area contributed by atoms with E-state index in [9.17, 15) is 0 Å². The van der Waals surface area contributed by atoms with Gasteiger partial charge in [-0.15, -0.1) is 0 Å². The van der Waals surface area contributed by atoms with Gasteiger partial charge < -0.3 is 4.42 Å². The molecular formula is C24H20N2O. The largest absolute Gasteiger partial charge is 0.456 e. The molecule has 132 valence electrons. The molecule has 1 heterocycles. The second kappa shape index (κ2) is 6.45. The van der Waals surface area contributed by atoms with E-state index < -0.39 is 0 Å². The molecule has 0 amide bonds. The number of anilines is 2. The molecule has 5 rings (SSSR count). The molecule has 0 saturated carbocycles. The first-order valence-electron chi connectivity index (χ1n) is 9.20. The number of para-hydroxylation sites is 2. The van der Waals surface area contributed by atoms with E-state index >= 15 is 0 Å². The summed E-state index contributed by atoms with van der Waals surface area (Å²) in [6.45, 7) is 0.